The average Bonchev–Trinajstić information content (AvgIpc) is 2.66. The smallest absolute Gasteiger partial charge is 0.185 e. The van der Waals surface area contributed by atoms with Crippen LogP contribution in [0.2, 0.25) is 0 Å². The molecule has 2 rings (SSSR count). The second-order valence-electron chi connectivity index (χ2n) is 9.37. The first-order valence-electron chi connectivity index (χ1n) is 10.5. The van der Waals surface area contributed by atoms with Gasteiger partial charge >= 0.3 is 0 Å². The summed E-state index contributed by atoms with van der Waals surface area (Å²) in [4.78, 5) is 12.8. The van der Waals surface area contributed by atoms with Crippen LogP contribution in [-0.4, -0.2) is 23.6 Å². The van der Waals surface area contributed by atoms with E-state index in [1.54, 1.807) is 42.5 Å². The number of benzene rings is 2. The highest BCUT2D eigenvalue weighted by Gasteiger charge is 2.21. The van der Waals surface area contributed by atoms with Crippen LogP contribution in [0, 0.1) is 6.92 Å². The van der Waals surface area contributed by atoms with E-state index in [1.165, 1.54) is 0 Å². The largest absolute Gasteiger partial charge is 0.490 e. The Morgan fingerprint density at radius 1 is 0.935 bits per heavy atom. The number of hydrogen-bond donors (Lipinski definition) is 0. The van der Waals surface area contributed by atoms with E-state index in [9.17, 15) is 4.79 Å². The molecule has 4 nitrogen and oxygen atoms in total. The molecule has 0 fully saturated rings. The van der Waals surface area contributed by atoms with E-state index in [1.807, 2.05) is 60.6 Å². The second-order valence-corrected chi connectivity index (χ2v) is 9.37. The topological polar surface area (TPSA) is 44.8 Å². The molecule has 0 unspecified atom stereocenters. The highest BCUT2D eigenvalue weighted by molar-refractivity contribution is 6.07. The fraction of sp³-hybridized carbons (Fsp3) is 0.370. The van der Waals surface area contributed by atoms with Crippen LogP contribution in [0.4, 0.5) is 0 Å². The molecule has 0 amide bonds. The summed E-state index contributed by atoms with van der Waals surface area (Å²) < 4.78 is 17.9. The number of rotatable bonds is 8. The highest BCUT2D eigenvalue weighted by atomic mass is 16.5. The van der Waals surface area contributed by atoms with Crippen molar-refractivity contribution in [3.8, 4) is 17.2 Å². The molecule has 0 aliphatic carbocycles. The number of ether oxygens (including phenoxy) is 3. The predicted molar refractivity (Wildman–Crippen MR) is 127 cm³/mol. The van der Waals surface area contributed by atoms with Gasteiger partial charge < -0.3 is 14.2 Å². The lowest BCUT2D eigenvalue weighted by molar-refractivity contribution is 0.104. The van der Waals surface area contributed by atoms with E-state index < -0.39 is 0 Å². The summed E-state index contributed by atoms with van der Waals surface area (Å²) in [6.45, 7) is 18.0. The first kappa shape index (κ1) is 24.3. The molecule has 2 aromatic carbocycles. The molecule has 0 aromatic heterocycles. The molecule has 0 aliphatic heterocycles. The monoisotopic (exact) mass is 422 g/mol. The average molecular weight is 423 g/mol. The van der Waals surface area contributed by atoms with Gasteiger partial charge in [-0.1, -0.05) is 18.7 Å². The van der Waals surface area contributed by atoms with Gasteiger partial charge in [-0.3, -0.25) is 4.79 Å². The molecule has 0 saturated heterocycles. The van der Waals surface area contributed by atoms with Crippen molar-refractivity contribution in [2.24, 2.45) is 0 Å². The quantitative estimate of drug-likeness (QED) is 0.266. The number of aryl methyl sites for hydroxylation is 1. The van der Waals surface area contributed by atoms with E-state index >= 15 is 0 Å². The molecule has 4 heteroatoms. The highest BCUT2D eigenvalue weighted by Crippen LogP contribution is 2.37. The van der Waals surface area contributed by atoms with Gasteiger partial charge in [0.1, 0.15) is 35.1 Å². The lowest BCUT2D eigenvalue weighted by Crippen LogP contribution is -2.25. The fourth-order valence-corrected chi connectivity index (χ4v) is 2.83. The Kier molecular flexibility index (Phi) is 7.72. The summed E-state index contributed by atoms with van der Waals surface area (Å²) in [7, 11) is 0. The Morgan fingerprint density at radius 3 is 2.10 bits per heavy atom. The van der Waals surface area contributed by atoms with Crippen molar-refractivity contribution in [2.75, 3.05) is 6.61 Å². The summed E-state index contributed by atoms with van der Waals surface area (Å²) in [6, 6.07) is 11.0. The molecule has 0 aliphatic rings. The molecule has 0 N–H and O–H groups in total. The predicted octanol–water partition coefficient (Wildman–Crippen LogP) is 6.81. The molecule has 0 heterocycles. The van der Waals surface area contributed by atoms with Gasteiger partial charge in [-0.2, -0.15) is 0 Å². The summed E-state index contributed by atoms with van der Waals surface area (Å²) in [5.41, 5.74) is 1.53. The van der Waals surface area contributed by atoms with Gasteiger partial charge in [-0.25, -0.2) is 0 Å². The zero-order chi connectivity index (χ0) is 23.2. The standard InChI is InChI=1S/C27H34O4/c1-9-18-29-21-13-11-20(12-14-21)23(28)16-15-22-24(30-26(3,4)5)17-10-19(2)25(22)31-27(6,7)8/h9-17H,1,18H2,2-8H3. The van der Waals surface area contributed by atoms with Crippen LogP contribution in [0.3, 0.4) is 0 Å². The molecule has 0 spiro atoms. The maximum atomic E-state index is 12.8. The Morgan fingerprint density at radius 2 is 1.55 bits per heavy atom. The Balaban J connectivity index is 2.40. The molecule has 166 valence electrons. The number of hydrogen-bond acceptors (Lipinski definition) is 4. The number of allylic oxidation sites excluding steroid dienone is 1. The Hall–Kier alpha value is -3.01. The molecule has 31 heavy (non-hydrogen) atoms. The minimum Gasteiger partial charge on any atom is -0.490 e. The first-order chi connectivity index (χ1) is 14.4. The van der Waals surface area contributed by atoms with Crippen molar-refractivity contribution >= 4 is 11.9 Å². The normalized spacial score (nSPS) is 12.0. The summed E-state index contributed by atoms with van der Waals surface area (Å²) in [5, 5.41) is 0. The molecule has 2 aromatic rings. The SMILES string of the molecule is C=CCOc1ccc(C(=O)C=Cc2c(OC(C)(C)C)ccc(C)c2OC(C)(C)C)cc1. The molecular weight excluding hydrogens is 388 g/mol. The fourth-order valence-electron chi connectivity index (χ4n) is 2.83. The van der Waals surface area contributed by atoms with Crippen molar-refractivity contribution in [1.29, 1.82) is 0 Å². The summed E-state index contributed by atoms with van der Waals surface area (Å²) >= 11 is 0. The third-order valence-corrected chi connectivity index (χ3v) is 4.09. The van der Waals surface area contributed by atoms with Gasteiger partial charge in [0.2, 0.25) is 0 Å². The van der Waals surface area contributed by atoms with Crippen LogP contribution < -0.4 is 14.2 Å². The van der Waals surface area contributed by atoms with Crippen LogP contribution in [-0.2, 0) is 0 Å². The Labute approximate surface area is 186 Å². The van der Waals surface area contributed by atoms with Gasteiger partial charge in [-0.05, 0) is 96.5 Å². The van der Waals surface area contributed by atoms with E-state index in [2.05, 4.69) is 6.58 Å². The lowest BCUT2D eigenvalue weighted by atomic mass is 10.0. The number of carbonyl (C=O) groups is 1. The maximum absolute atomic E-state index is 12.8. The minimum atomic E-state index is -0.390. The van der Waals surface area contributed by atoms with Gasteiger partial charge in [-0.15, -0.1) is 0 Å². The first-order valence-corrected chi connectivity index (χ1v) is 10.5. The van der Waals surface area contributed by atoms with Crippen LogP contribution in [0.15, 0.2) is 55.1 Å². The molecule has 0 saturated carbocycles. The van der Waals surface area contributed by atoms with Crippen molar-refractivity contribution < 1.29 is 19.0 Å². The van der Waals surface area contributed by atoms with Crippen molar-refractivity contribution in [3.63, 3.8) is 0 Å². The van der Waals surface area contributed by atoms with Crippen LogP contribution in [0.1, 0.15) is 63.0 Å². The van der Waals surface area contributed by atoms with Gasteiger partial charge in [0.05, 0.1) is 5.56 Å². The minimum absolute atomic E-state index is 0.111. The van der Waals surface area contributed by atoms with Crippen LogP contribution in [0.5, 0.6) is 17.2 Å². The summed E-state index contributed by atoms with van der Waals surface area (Å²) in [6.07, 6.45) is 5.01. The van der Waals surface area contributed by atoms with Crippen LogP contribution in [0.25, 0.3) is 6.08 Å². The van der Waals surface area contributed by atoms with Gasteiger partial charge in [0.25, 0.3) is 0 Å². The maximum Gasteiger partial charge on any atom is 0.185 e. The Bertz CT molecular complexity index is 939. The van der Waals surface area contributed by atoms with E-state index in [4.69, 9.17) is 14.2 Å². The van der Waals surface area contributed by atoms with Gasteiger partial charge in [0.15, 0.2) is 5.78 Å². The van der Waals surface area contributed by atoms with Crippen molar-refractivity contribution in [1.82, 2.24) is 0 Å². The van der Waals surface area contributed by atoms with Crippen molar-refractivity contribution in [2.45, 2.75) is 59.7 Å². The zero-order valence-electron chi connectivity index (χ0n) is 19.7. The zero-order valence-corrected chi connectivity index (χ0v) is 19.7. The number of ketones is 1. The third-order valence-electron chi connectivity index (χ3n) is 4.09. The molecule has 0 radical (unpaired) electrons. The summed E-state index contributed by atoms with van der Waals surface area (Å²) in [5.74, 6) is 1.97. The van der Waals surface area contributed by atoms with E-state index in [0.29, 0.717) is 29.4 Å². The van der Waals surface area contributed by atoms with E-state index in [0.717, 1.165) is 11.1 Å². The molecular formula is C27H34O4. The third kappa shape index (κ3) is 7.63. The van der Waals surface area contributed by atoms with E-state index in [-0.39, 0.29) is 17.0 Å². The van der Waals surface area contributed by atoms with Crippen LogP contribution >= 0.6 is 0 Å². The lowest BCUT2D eigenvalue weighted by Gasteiger charge is -2.27. The molecule has 0 atom stereocenters. The van der Waals surface area contributed by atoms with Crippen molar-refractivity contribution in [3.05, 3.63) is 71.8 Å². The van der Waals surface area contributed by atoms with Gasteiger partial charge in [0, 0.05) is 5.56 Å². The number of carbonyl (C=O) groups excluding carboxylic acids is 1. The molecule has 0 bridgehead atoms. The second kappa shape index (κ2) is 9.86.